The molecule has 0 heterocycles. The van der Waals surface area contributed by atoms with Crippen molar-refractivity contribution in [3.63, 3.8) is 0 Å². The molecule has 0 bridgehead atoms. The molecule has 0 amide bonds. The standard InChI is InChI=1S/C13H18FNO3/c1-5-18-11-7-6-9(8-10(11)14)15-13(2,3)12(16)17-4/h6-8,15H,5H2,1-4H3. The third-order valence-electron chi connectivity index (χ3n) is 2.38. The maximum Gasteiger partial charge on any atom is 0.330 e. The van der Waals surface area contributed by atoms with Gasteiger partial charge in [-0.25, -0.2) is 9.18 Å². The van der Waals surface area contributed by atoms with E-state index in [2.05, 4.69) is 10.1 Å². The summed E-state index contributed by atoms with van der Waals surface area (Å²) in [6.45, 7) is 5.50. The number of hydrogen-bond donors (Lipinski definition) is 1. The van der Waals surface area contributed by atoms with Crippen molar-refractivity contribution in [3.8, 4) is 5.75 Å². The molecule has 0 aliphatic heterocycles. The monoisotopic (exact) mass is 255 g/mol. The molecule has 5 heteroatoms. The van der Waals surface area contributed by atoms with Crippen LogP contribution in [0.1, 0.15) is 20.8 Å². The lowest BCUT2D eigenvalue weighted by molar-refractivity contribution is -0.144. The summed E-state index contributed by atoms with van der Waals surface area (Å²) in [6.07, 6.45) is 0. The highest BCUT2D eigenvalue weighted by molar-refractivity contribution is 5.83. The Morgan fingerprint density at radius 2 is 2.11 bits per heavy atom. The van der Waals surface area contributed by atoms with Crippen LogP contribution < -0.4 is 10.1 Å². The molecule has 0 aromatic heterocycles. The van der Waals surface area contributed by atoms with Gasteiger partial charge in [-0.1, -0.05) is 0 Å². The van der Waals surface area contributed by atoms with Gasteiger partial charge in [-0.2, -0.15) is 0 Å². The highest BCUT2D eigenvalue weighted by Gasteiger charge is 2.28. The maximum atomic E-state index is 13.6. The SMILES string of the molecule is CCOc1ccc(NC(C)(C)C(=O)OC)cc1F. The zero-order valence-corrected chi connectivity index (χ0v) is 11.0. The van der Waals surface area contributed by atoms with Gasteiger partial charge in [0.25, 0.3) is 0 Å². The van der Waals surface area contributed by atoms with Crippen molar-refractivity contribution in [2.24, 2.45) is 0 Å². The molecule has 0 fully saturated rings. The van der Waals surface area contributed by atoms with E-state index >= 15 is 0 Å². The molecule has 1 N–H and O–H groups in total. The quantitative estimate of drug-likeness (QED) is 0.821. The van der Waals surface area contributed by atoms with E-state index < -0.39 is 17.3 Å². The first-order valence-electron chi connectivity index (χ1n) is 5.69. The first-order valence-corrected chi connectivity index (χ1v) is 5.69. The van der Waals surface area contributed by atoms with Crippen LogP contribution in [0.4, 0.5) is 10.1 Å². The normalized spacial score (nSPS) is 10.9. The summed E-state index contributed by atoms with van der Waals surface area (Å²) < 4.78 is 23.4. The van der Waals surface area contributed by atoms with Crippen molar-refractivity contribution in [1.29, 1.82) is 0 Å². The molecule has 0 atom stereocenters. The van der Waals surface area contributed by atoms with Gasteiger partial charge < -0.3 is 14.8 Å². The summed E-state index contributed by atoms with van der Waals surface area (Å²) in [4.78, 5) is 11.5. The Morgan fingerprint density at radius 1 is 1.44 bits per heavy atom. The van der Waals surface area contributed by atoms with E-state index in [1.165, 1.54) is 19.2 Å². The first kappa shape index (κ1) is 14.3. The number of anilines is 1. The second-order valence-electron chi connectivity index (χ2n) is 4.32. The Kier molecular flexibility index (Phi) is 4.53. The van der Waals surface area contributed by atoms with Crippen molar-refractivity contribution in [2.75, 3.05) is 19.0 Å². The fraction of sp³-hybridized carbons (Fsp3) is 0.462. The van der Waals surface area contributed by atoms with Gasteiger partial charge in [-0.3, -0.25) is 0 Å². The van der Waals surface area contributed by atoms with Crippen LogP contribution in [-0.4, -0.2) is 25.2 Å². The number of benzene rings is 1. The minimum atomic E-state index is -0.922. The van der Waals surface area contributed by atoms with E-state index in [1.807, 2.05) is 0 Å². The molecule has 0 aliphatic rings. The summed E-state index contributed by atoms with van der Waals surface area (Å²) in [7, 11) is 1.31. The number of hydrogen-bond acceptors (Lipinski definition) is 4. The fourth-order valence-electron chi connectivity index (χ4n) is 1.52. The summed E-state index contributed by atoms with van der Waals surface area (Å²) in [5.41, 5.74) is -0.430. The van der Waals surface area contributed by atoms with Gasteiger partial charge >= 0.3 is 5.97 Å². The van der Waals surface area contributed by atoms with Gasteiger partial charge in [-0.05, 0) is 32.9 Å². The molecule has 4 nitrogen and oxygen atoms in total. The lowest BCUT2D eigenvalue weighted by atomic mass is 10.1. The lowest BCUT2D eigenvalue weighted by Crippen LogP contribution is -2.41. The minimum absolute atomic E-state index is 0.193. The maximum absolute atomic E-state index is 13.6. The molecule has 0 radical (unpaired) electrons. The predicted molar refractivity (Wildman–Crippen MR) is 67.3 cm³/mol. The molecule has 0 spiro atoms. The number of carbonyl (C=O) groups is 1. The van der Waals surface area contributed by atoms with Crippen LogP contribution >= 0.6 is 0 Å². The third-order valence-corrected chi connectivity index (χ3v) is 2.38. The van der Waals surface area contributed by atoms with Crippen LogP contribution in [0.5, 0.6) is 5.75 Å². The Hall–Kier alpha value is -1.78. The van der Waals surface area contributed by atoms with Crippen LogP contribution in [0, 0.1) is 5.82 Å². The third kappa shape index (κ3) is 3.35. The second kappa shape index (κ2) is 5.71. The Labute approximate surface area is 106 Å². The van der Waals surface area contributed by atoms with E-state index in [4.69, 9.17) is 4.74 Å². The van der Waals surface area contributed by atoms with E-state index in [0.29, 0.717) is 12.3 Å². The van der Waals surface area contributed by atoms with Gasteiger partial charge in [0.05, 0.1) is 13.7 Å². The van der Waals surface area contributed by atoms with Gasteiger partial charge in [-0.15, -0.1) is 0 Å². The topological polar surface area (TPSA) is 47.6 Å². The van der Waals surface area contributed by atoms with Crippen LogP contribution in [0.25, 0.3) is 0 Å². The van der Waals surface area contributed by atoms with Crippen molar-refractivity contribution in [2.45, 2.75) is 26.3 Å². The van der Waals surface area contributed by atoms with Crippen LogP contribution in [-0.2, 0) is 9.53 Å². The second-order valence-corrected chi connectivity index (χ2v) is 4.32. The summed E-state index contributed by atoms with van der Waals surface area (Å²) in [5.74, 6) is -0.696. The van der Waals surface area contributed by atoms with E-state index in [0.717, 1.165) is 0 Å². The number of halogens is 1. The van der Waals surface area contributed by atoms with Crippen molar-refractivity contribution < 1.29 is 18.7 Å². The average Bonchev–Trinajstić information content (AvgIpc) is 2.31. The summed E-state index contributed by atoms with van der Waals surface area (Å²) in [6, 6.07) is 4.46. The van der Waals surface area contributed by atoms with Crippen LogP contribution in [0.3, 0.4) is 0 Å². The van der Waals surface area contributed by atoms with E-state index in [9.17, 15) is 9.18 Å². The number of methoxy groups -OCH3 is 1. The van der Waals surface area contributed by atoms with E-state index in [1.54, 1.807) is 26.8 Å². The van der Waals surface area contributed by atoms with Crippen molar-refractivity contribution in [1.82, 2.24) is 0 Å². The van der Waals surface area contributed by atoms with Crippen LogP contribution in [0.2, 0.25) is 0 Å². The van der Waals surface area contributed by atoms with E-state index in [-0.39, 0.29) is 5.75 Å². The first-order chi connectivity index (χ1) is 8.40. The van der Waals surface area contributed by atoms with Gasteiger partial charge in [0.2, 0.25) is 0 Å². The Morgan fingerprint density at radius 3 is 2.61 bits per heavy atom. The molecular weight excluding hydrogens is 237 g/mol. The predicted octanol–water partition coefficient (Wildman–Crippen LogP) is 2.59. The zero-order valence-electron chi connectivity index (χ0n) is 11.0. The number of ether oxygens (including phenoxy) is 2. The average molecular weight is 255 g/mol. The molecule has 18 heavy (non-hydrogen) atoms. The molecule has 1 aromatic rings. The fourth-order valence-corrected chi connectivity index (χ4v) is 1.52. The number of esters is 1. The highest BCUT2D eigenvalue weighted by Crippen LogP contribution is 2.23. The molecule has 1 rings (SSSR count). The summed E-state index contributed by atoms with van der Waals surface area (Å²) in [5, 5.41) is 2.91. The minimum Gasteiger partial charge on any atom is -0.491 e. The van der Waals surface area contributed by atoms with Crippen molar-refractivity contribution >= 4 is 11.7 Å². The number of carbonyl (C=O) groups excluding carboxylic acids is 1. The number of nitrogens with one attached hydrogen (secondary N) is 1. The molecule has 0 saturated carbocycles. The van der Waals surface area contributed by atoms with Gasteiger partial charge in [0.1, 0.15) is 5.54 Å². The Bertz CT molecular complexity index is 432. The van der Waals surface area contributed by atoms with Gasteiger partial charge in [0.15, 0.2) is 11.6 Å². The largest absolute Gasteiger partial charge is 0.491 e. The molecule has 0 aliphatic carbocycles. The molecule has 1 aromatic carbocycles. The van der Waals surface area contributed by atoms with Crippen molar-refractivity contribution in [3.05, 3.63) is 24.0 Å². The highest BCUT2D eigenvalue weighted by atomic mass is 19.1. The molecule has 0 saturated heterocycles. The summed E-state index contributed by atoms with van der Waals surface area (Å²) >= 11 is 0. The smallest absolute Gasteiger partial charge is 0.330 e. The Balaban J connectivity index is 2.86. The number of rotatable bonds is 5. The van der Waals surface area contributed by atoms with Gasteiger partial charge in [0, 0.05) is 11.8 Å². The molecule has 100 valence electrons. The van der Waals surface area contributed by atoms with Crippen LogP contribution in [0.15, 0.2) is 18.2 Å². The molecular formula is C13H18FNO3. The lowest BCUT2D eigenvalue weighted by Gasteiger charge is -2.24. The molecule has 0 unspecified atom stereocenters. The zero-order chi connectivity index (χ0) is 13.8.